The summed E-state index contributed by atoms with van der Waals surface area (Å²) in [5.74, 6) is 5.18. The number of hydrazine groups is 1. The Kier molecular flexibility index (Phi) is 7.88. The van der Waals surface area contributed by atoms with E-state index in [-0.39, 0.29) is 25.5 Å². The number of nitrogens with one attached hydrogen (secondary N) is 1. The van der Waals surface area contributed by atoms with Crippen LogP contribution in [-0.2, 0) is 9.53 Å². The number of hydrogen-bond acceptors (Lipinski definition) is 5. The van der Waals surface area contributed by atoms with Crippen molar-refractivity contribution in [1.82, 2.24) is 10.3 Å². The van der Waals surface area contributed by atoms with Crippen LogP contribution >= 0.6 is 12.2 Å². The van der Waals surface area contributed by atoms with Crippen molar-refractivity contribution in [3.8, 4) is 0 Å². The summed E-state index contributed by atoms with van der Waals surface area (Å²) in [7, 11) is 0. The first kappa shape index (κ1) is 14.1. The molecule has 0 aliphatic carbocycles. The van der Waals surface area contributed by atoms with Gasteiger partial charge in [-0.1, -0.05) is 0 Å². The molecule has 6 nitrogen and oxygen atoms in total. The van der Waals surface area contributed by atoms with Gasteiger partial charge in [0.05, 0.1) is 26.2 Å². The molecule has 0 aromatic rings. The highest BCUT2D eigenvalue weighted by molar-refractivity contribution is 7.80. The van der Waals surface area contributed by atoms with E-state index in [1.807, 2.05) is 0 Å². The lowest BCUT2D eigenvalue weighted by atomic mass is 10.4. The van der Waals surface area contributed by atoms with Crippen LogP contribution in [0.5, 0.6) is 0 Å². The minimum Gasteiger partial charge on any atom is -0.466 e. The Morgan fingerprint density at radius 3 is 2.87 bits per heavy atom. The van der Waals surface area contributed by atoms with Gasteiger partial charge >= 0.3 is 5.97 Å². The number of carbonyl (C=O) groups excluding carboxylic acids is 1. The fourth-order valence-electron chi connectivity index (χ4n) is 0.815. The molecule has 0 radical (unpaired) electrons. The topological polar surface area (TPSA) is 87.8 Å². The first-order valence-corrected chi connectivity index (χ1v) is 5.09. The Morgan fingerprint density at radius 2 is 2.33 bits per heavy atom. The molecule has 0 atom stereocenters. The van der Waals surface area contributed by atoms with Crippen molar-refractivity contribution in [1.29, 1.82) is 0 Å². The van der Waals surface area contributed by atoms with E-state index < -0.39 is 0 Å². The molecular formula is C8H17N3O3S. The van der Waals surface area contributed by atoms with E-state index in [1.165, 1.54) is 5.01 Å². The van der Waals surface area contributed by atoms with Crippen LogP contribution < -0.4 is 11.2 Å². The summed E-state index contributed by atoms with van der Waals surface area (Å²) >= 11 is 4.89. The maximum absolute atomic E-state index is 10.9. The highest BCUT2D eigenvalue weighted by Gasteiger charge is 2.05. The zero-order chi connectivity index (χ0) is 11.7. The number of nitrogens with two attached hydrogens (primary N) is 1. The van der Waals surface area contributed by atoms with Gasteiger partial charge < -0.3 is 15.2 Å². The predicted octanol–water partition coefficient (Wildman–Crippen LogP) is -1.02. The molecule has 15 heavy (non-hydrogen) atoms. The second-order valence-electron chi connectivity index (χ2n) is 2.70. The summed E-state index contributed by atoms with van der Waals surface area (Å²) in [6.07, 6.45) is 0.237. The van der Waals surface area contributed by atoms with E-state index in [4.69, 9.17) is 27.9 Å². The molecular weight excluding hydrogens is 218 g/mol. The first-order valence-electron chi connectivity index (χ1n) is 4.68. The largest absolute Gasteiger partial charge is 0.466 e. The maximum atomic E-state index is 10.9. The molecule has 0 heterocycles. The van der Waals surface area contributed by atoms with Crippen LogP contribution in [0.4, 0.5) is 0 Å². The number of esters is 1. The first-order chi connectivity index (χ1) is 7.11. The Hall–Kier alpha value is -0.920. The van der Waals surface area contributed by atoms with Crippen molar-refractivity contribution < 1.29 is 14.6 Å². The molecule has 4 N–H and O–H groups in total. The second kappa shape index (κ2) is 8.39. The average Bonchev–Trinajstić information content (AvgIpc) is 2.18. The average molecular weight is 235 g/mol. The van der Waals surface area contributed by atoms with Gasteiger partial charge in [-0.25, -0.2) is 5.84 Å². The Balaban J connectivity index is 3.58. The van der Waals surface area contributed by atoms with Crippen LogP contribution in [0.1, 0.15) is 13.3 Å². The summed E-state index contributed by atoms with van der Waals surface area (Å²) in [5.41, 5.74) is 0. The van der Waals surface area contributed by atoms with Gasteiger partial charge in [-0.3, -0.25) is 9.80 Å². The fraction of sp³-hybridized carbons (Fsp3) is 0.750. The van der Waals surface area contributed by atoms with E-state index >= 15 is 0 Å². The van der Waals surface area contributed by atoms with Gasteiger partial charge in [0.15, 0.2) is 5.11 Å². The van der Waals surface area contributed by atoms with Crippen LogP contribution in [0.25, 0.3) is 0 Å². The number of aliphatic hydroxyl groups is 1. The molecule has 0 saturated heterocycles. The van der Waals surface area contributed by atoms with Crippen LogP contribution in [-0.4, -0.2) is 47.5 Å². The van der Waals surface area contributed by atoms with Gasteiger partial charge in [0.1, 0.15) is 0 Å². The molecule has 7 heteroatoms. The minimum absolute atomic E-state index is 0.0732. The van der Waals surface area contributed by atoms with Crippen LogP contribution in [0.2, 0.25) is 0 Å². The number of hydrogen-bond donors (Lipinski definition) is 3. The number of aliphatic hydroxyl groups excluding tert-OH is 1. The van der Waals surface area contributed by atoms with E-state index in [1.54, 1.807) is 6.92 Å². The van der Waals surface area contributed by atoms with E-state index in [0.717, 1.165) is 0 Å². The molecule has 88 valence electrons. The number of nitrogens with zero attached hydrogens (tertiary/aromatic N) is 1. The maximum Gasteiger partial charge on any atom is 0.307 e. The zero-order valence-electron chi connectivity index (χ0n) is 8.73. The Bertz CT molecular complexity index is 213. The molecule has 0 aliphatic rings. The lowest BCUT2D eigenvalue weighted by Crippen LogP contribution is -2.46. The van der Waals surface area contributed by atoms with Crippen molar-refractivity contribution in [2.24, 2.45) is 5.84 Å². The van der Waals surface area contributed by atoms with Crippen LogP contribution in [0, 0.1) is 0 Å². The molecule has 0 saturated carbocycles. The molecule has 0 amide bonds. The fourth-order valence-corrected chi connectivity index (χ4v) is 1.01. The molecule has 0 spiro atoms. The molecule has 0 bridgehead atoms. The highest BCUT2D eigenvalue weighted by atomic mass is 32.1. The van der Waals surface area contributed by atoms with Gasteiger partial charge in [-0.05, 0) is 19.1 Å². The molecule has 0 rings (SSSR count). The number of rotatable bonds is 6. The third-order valence-electron chi connectivity index (χ3n) is 1.51. The third kappa shape index (κ3) is 7.06. The van der Waals surface area contributed by atoms with Crippen molar-refractivity contribution in [2.75, 3.05) is 26.3 Å². The summed E-state index contributed by atoms with van der Waals surface area (Å²) in [4.78, 5) is 10.9. The van der Waals surface area contributed by atoms with Gasteiger partial charge in [-0.2, -0.15) is 0 Å². The number of carbonyl (C=O) groups is 1. The quantitative estimate of drug-likeness (QED) is 0.235. The molecule has 0 aliphatic heterocycles. The Labute approximate surface area is 94.3 Å². The normalized spacial score (nSPS) is 9.53. The van der Waals surface area contributed by atoms with Crippen molar-refractivity contribution in [3.05, 3.63) is 0 Å². The molecule has 0 fully saturated rings. The third-order valence-corrected chi connectivity index (χ3v) is 1.89. The summed E-state index contributed by atoms with van der Waals surface area (Å²) in [6.45, 7) is 2.67. The van der Waals surface area contributed by atoms with Crippen molar-refractivity contribution >= 4 is 23.3 Å². The van der Waals surface area contributed by atoms with E-state index in [0.29, 0.717) is 18.3 Å². The molecule has 0 aromatic carbocycles. The molecule has 0 aromatic heterocycles. The lowest BCUT2D eigenvalue weighted by molar-refractivity contribution is -0.142. The number of thiocarbonyl (C=S) groups is 1. The standard InChI is InChI=1S/C8H17N3O3S/c1-2-14-7(13)3-4-10-8(15)11(9)5-6-12/h12H,2-6,9H2,1H3,(H,10,15). The monoisotopic (exact) mass is 235 g/mol. The van der Waals surface area contributed by atoms with Crippen LogP contribution in [0.15, 0.2) is 0 Å². The van der Waals surface area contributed by atoms with Crippen molar-refractivity contribution in [2.45, 2.75) is 13.3 Å². The van der Waals surface area contributed by atoms with Gasteiger partial charge in [0, 0.05) is 6.54 Å². The van der Waals surface area contributed by atoms with E-state index in [2.05, 4.69) is 5.32 Å². The second-order valence-corrected chi connectivity index (χ2v) is 3.09. The minimum atomic E-state index is -0.279. The summed E-state index contributed by atoms with van der Waals surface area (Å²) in [6, 6.07) is 0. The highest BCUT2D eigenvalue weighted by Crippen LogP contribution is 1.86. The molecule has 0 unspecified atom stereocenters. The van der Waals surface area contributed by atoms with Gasteiger partial charge in [-0.15, -0.1) is 0 Å². The summed E-state index contributed by atoms with van der Waals surface area (Å²) < 4.78 is 4.72. The Morgan fingerprint density at radius 1 is 1.67 bits per heavy atom. The van der Waals surface area contributed by atoms with Gasteiger partial charge in [0.2, 0.25) is 0 Å². The van der Waals surface area contributed by atoms with Crippen molar-refractivity contribution in [3.63, 3.8) is 0 Å². The number of ether oxygens (including phenoxy) is 1. The SMILES string of the molecule is CCOC(=O)CCNC(=S)N(N)CCO. The van der Waals surface area contributed by atoms with Gasteiger partial charge in [0.25, 0.3) is 0 Å². The van der Waals surface area contributed by atoms with E-state index in [9.17, 15) is 4.79 Å². The summed E-state index contributed by atoms with van der Waals surface area (Å²) in [5, 5.41) is 12.9. The smallest absolute Gasteiger partial charge is 0.307 e. The van der Waals surface area contributed by atoms with Crippen LogP contribution in [0.3, 0.4) is 0 Å². The predicted molar refractivity (Wildman–Crippen MR) is 59.8 cm³/mol. The lowest BCUT2D eigenvalue weighted by Gasteiger charge is -2.18. The zero-order valence-corrected chi connectivity index (χ0v) is 9.55.